The minimum atomic E-state index is -0.939. The van der Waals surface area contributed by atoms with Crippen molar-refractivity contribution in [3.63, 3.8) is 0 Å². The third-order valence-electron chi connectivity index (χ3n) is 6.19. The summed E-state index contributed by atoms with van der Waals surface area (Å²) >= 11 is 0. The normalized spacial score (nSPS) is 15.7. The van der Waals surface area contributed by atoms with E-state index in [2.05, 4.69) is 10.4 Å². The maximum absolute atomic E-state index is 13.5. The van der Waals surface area contributed by atoms with Gasteiger partial charge in [0, 0.05) is 24.4 Å². The first-order chi connectivity index (χ1) is 16.7. The van der Waals surface area contributed by atoms with Crippen molar-refractivity contribution in [2.45, 2.75) is 70.6 Å². The average molecular weight is 485 g/mol. The lowest BCUT2D eigenvalue weighted by Crippen LogP contribution is -2.29. The van der Waals surface area contributed by atoms with Crippen molar-refractivity contribution in [2.24, 2.45) is 5.92 Å². The molecule has 3 aromatic rings. The Bertz CT molecular complexity index is 1140. The third-order valence-corrected chi connectivity index (χ3v) is 6.19. The summed E-state index contributed by atoms with van der Waals surface area (Å²) in [7, 11) is 0. The van der Waals surface area contributed by atoms with Gasteiger partial charge in [0.25, 0.3) is 0 Å². The van der Waals surface area contributed by atoms with Gasteiger partial charge in [-0.2, -0.15) is 5.10 Å². The van der Waals surface area contributed by atoms with Gasteiger partial charge in [-0.15, -0.1) is 0 Å². The molecule has 4 rings (SSSR count). The van der Waals surface area contributed by atoms with Crippen LogP contribution in [0.3, 0.4) is 0 Å². The number of aromatic hydroxyl groups is 1. The van der Waals surface area contributed by atoms with Crippen molar-refractivity contribution in [3.8, 4) is 17.4 Å². The Balaban J connectivity index is 1.54. The van der Waals surface area contributed by atoms with Gasteiger partial charge < -0.3 is 24.8 Å². The van der Waals surface area contributed by atoms with Gasteiger partial charge in [-0.05, 0) is 38.3 Å². The maximum atomic E-state index is 13.5. The minimum Gasteiger partial charge on any atom is -0.494 e. The van der Waals surface area contributed by atoms with E-state index in [0.717, 1.165) is 25.7 Å². The first kappa shape index (κ1) is 24.8. The molecule has 3 N–H and O–H groups in total. The lowest BCUT2D eigenvalue weighted by Gasteiger charge is -2.27. The van der Waals surface area contributed by atoms with Crippen LogP contribution in [0.2, 0.25) is 0 Å². The van der Waals surface area contributed by atoms with Crippen LogP contribution in [-0.2, 0) is 11.3 Å². The van der Waals surface area contributed by atoms with E-state index in [4.69, 9.17) is 4.74 Å². The van der Waals surface area contributed by atoms with Crippen molar-refractivity contribution >= 4 is 11.7 Å². The standard InChI is InChI=1S/C26H33FN4O4/c1-26(2,34)17-30-12-11-23(29-30)28-25(33)22(13-18-7-4-3-5-8-18)31-16-21(15-24(31)32)35-20-10-6-9-19(27)14-20/h6,9-12,14-16,18,22,32,34H,3-5,7-8,13,17H2,1-2H3,(H,28,29,33)/t22-/m0/s1. The van der Waals surface area contributed by atoms with E-state index >= 15 is 0 Å². The molecule has 0 unspecified atom stereocenters. The van der Waals surface area contributed by atoms with Gasteiger partial charge in [-0.1, -0.05) is 38.2 Å². The number of nitrogens with one attached hydrogen (secondary N) is 1. The highest BCUT2D eigenvalue weighted by molar-refractivity contribution is 5.93. The summed E-state index contributed by atoms with van der Waals surface area (Å²) in [6.45, 7) is 3.66. The van der Waals surface area contributed by atoms with Gasteiger partial charge in [0.15, 0.2) is 11.7 Å². The summed E-state index contributed by atoms with van der Waals surface area (Å²) in [4.78, 5) is 13.4. The van der Waals surface area contributed by atoms with E-state index < -0.39 is 17.5 Å². The fourth-order valence-corrected chi connectivity index (χ4v) is 4.62. The van der Waals surface area contributed by atoms with Gasteiger partial charge in [0.2, 0.25) is 5.91 Å². The number of amides is 1. The summed E-state index contributed by atoms with van der Waals surface area (Å²) in [6.07, 6.45) is 9.38. The molecule has 188 valence electrons. The Morgan fingerprint density at radius 2 is 2.00 bits per heavy atom. The van der Waals surface area contributed by atoms with Crippen molar-refractivity contribution in [3.05, 3.63) is 54.6 Å². The topological polar surface area (TPSA) is 102 Å². The molecule has 1 aliphatic rings. The Morgan fingerprint density at radius 3 is 2.71 bits per heavy atom. The van der Waals surface area contributed by atoms with E-state index in [1.54, 1.807) is 43.1 Å². The van der Waals surface area contributed by atoms with Crippen LogP contribution in [0.25, 0.3) is 0 Å². The summed E-state index contributed by atoms with van der Waals surface area (Å²) in [6, 6.07) is 8.15. The monoisotopic (exact) mass is 484 g/mol. The number of anilines is 1. The summed E-state index contributed by atoms with van der Waals surface area (Å²) in [5.74, 6) is 0.506. The zero-order valence-corrected chi connectivity index (χ0v) is 20.2. The molecular formula is C26H33FN4O4. The van der Waals surface area contributed by atoms with Crippen LogP contribution in [0.15, 0.2) is 48.8 Å². The number of hydrogen-bond donors (Lipinski definition) is 3. The van der Waals surface area contributed by atoms with Crippen LogP contribution in [0.1, 0.15) is 58.4 Å². The fourth-order valence-electron chi connectivity index (χ4n) is 4.62. The third kappa shape index (κ3) is 6.85. The van der Waals surface area contributed by atoms with Gasteiger partial charge in [-0.25, -0.2) is 4.39 Å². The molecule has 1 atom stereocenters. The number of carbonyl (C=O) groups excluding carboxylic acids is 1. The van der Waals surface area contributed by atoms with Crippen LogP contribution >= 0.6 is 0 Å². The number of aliphatic hydroxyl groups is 1. The van der Waals surface area contributed by atoms with E-state index in [1.165, 1.54) is 35.3 Å². The molecule has 2 aromatic heterocycles. The number of benzene rings is 1. The molecule has 1 saturated carbocycles. The Labute approximate surface area is 204 Å². The summed E-state index contributed by atoms with van der Waals surface area (Å²) in [5.41, 5.74) is -0.939. The highest BCUT2D eigenvalue weighted by atomic mass is 19.1. The van der Waals surface area contributed by atoms with E-state index in [0.29, 0.717) is 29.7 Å². The molecule has 35 heavy (non-hydrogen) atoms. The minimum absolute atomic E-state index is 0.111. The molecule has 0 aliphatic heterocycles. The van der Waals surface area contributed by atoms with Gasteiger partial charge in [0.05, 0.1) is 18.3 Å². The second-order valence-electron chi connectivity index (χ2n) is 9.96. The van der Waals surface area contributed by atoms with Crippen molar-refractivity contribution in [1.29, 1.82) is 0 Å². The number of ether oxygens (including phenoxy) is 1. The first-order valence-corrected chi connectivity index (χ1v) is 12.1. The molecule has 0 radical (unpaired) electrons. The second kappa shape index (κ2) is 10.5. The predicted molar refractivity (Wildman–Crippen MR) is 130 cm³/mol. The number of hydrogen-bond acceptors (Lipinski definition) is 5. The fraction of sp³-hybridized carbons (Fsp3) is 0.462. The number of rotatable bonds is 9. The lowest BCUT2D eigenvalue weighted by molar-refractivity contribution is -0.120. The zero-order chi connectivity index (χ0) is 25.0. The highest BCUT2D eigenvalue weighted by Gasteiger charge is 2.29. The Kier molecular flexibility index (Phi) is 7.45. The number of halogens is 1. The molecule has 0 saturated heterocycles. The lowest BCUT2D eigenvalue weighted by atomic mass is 9.84. The molecule has 0 spiro atoms. The van der Waals surface area contributed by atoms with Crippen molar-refractivity contribution < 1.29 is 24.1 Å². The average Bonchev–Trinajstić information content (AvgIpc) is 3.37. The molecule has 1 fully saturated rings. The van der Waals surface area contributed by atoms with Crippen LogP contribution < -0.4 is 10.1 Å². The number of carbonyl (C=O) groups is 1. The molecule has 1 amide bonds. The first-order valence-electron chi connectivity index (χ1n) is 12.1. The Morgan fingerprint density at radius 1 is 1.23 bits per heavy atom. The van der Waals surface area contributed by atoms with Gasteiger partial charge in [0.1, 0.15) is 23.4 Å². The van der Waals surface area contributed by atoms with Gasteiger partial charge >= 0.3 is 0 Å². The number of nitrogens with zero attached hydrogens (tertiary/aromatic N) is 3. The second-order valence-corrected chi connectivity index (χ2v) is 9.96. The van der Waals surface area contributed by atoms with Crippen LogP contribution in [-0.4, -0.2) is 36.1 Å². The van der Waals surface area contributed by atoms with Crippen LogP contribution in [0.5, 0.6) is 17.4 Å². The summed E-state index contributed by atoms with van der Waals surface area (Å²) < 4.78 is 22.3. The predicted octanol–water partition coefficient (Wildman–Crippen LogP) is 5.24. The molecular weight excluding hydrogens is 451 g/mol. The number of aromatic nitrogens is 3. The maximum Gasteiger partial charge on any atom is 0.248 e. The van der Waals surface area contributed by atoms with Crippen LogP contribution in [0.4, 0.5) is 10.2 Å². The smallest absolute Gasteiger partial charge is 0.248 e. The molecule has 9 heteroatoms. The molecule has 0 bridgehead atoms. The Hall–Kier alpha value is -3.33. The highest BCUT2D eigenvalue weighted by Crippen LogP contribution is 2.36. The van der Waals surface area contributed by atoms with Crippen LogP contribution in [0, 0.1) is 11.7 Å². The summed E-state index contributed by atoms with van der Waals surface area (Å²) in [5, 5.41) is 27.9. The SMILES string of the molecule is CC(C)(O)Cn1ccc(NC(=O)[C@H](CC2CCCCC2)n2cc(Oc3cccc(F)c3)cc2O)n1. The van der Waals surface area contributed by atoms with Crippen molar-refractivity contribution in [2.75, 3.05) is 5.32 Å². The molecule has 8 nitrogen and oxygen atoms in total. The van der Waals surface area contributed by atoms with Crippen molar-refractivity contribution in [1.82, 2.24) is 14.3 Å². The largest absolute Gasteiger partial charge is 0.494 e. The zero-order valence-electron chi connectivity index (χ0n) is 20.2. The molecule has 2 heterocycles. The molecule has 1 aromatic carbocycles. The van der Waals surface area contributed by atoms with E-state index in [1.807, 2.05) is 0 Å². The van der Waals surface area contributed by atoms with Gasteiger partial charge in [-0.3, -0.25) is 9.48 Å². The van der Waals surface area contributed by atoms with E-state index in [9.17, 15) is 19.4 Å². The molecule has 1 aliphatic carbocycles. The quantitative estimate of drug-likeness (QED) is 0.385. The van der Waals surface area contributed by atoms with E-state index in [-0.39, 0.29) is 18.3 Å².